The molecule has 0 radical (unpaired) electrons. The van der Waals surface area contributed by atoms with E-state index >= 15 is 0 Å². The van der Waals surface area contributed by atoms with Crippen LogP contribution in [0.25, 0.3) is 0 Å². The van der Waals surface area contributed by atoms with Gasteiger partial charge in [0.2, 0.25) is 0 Å². The topological polar surface area (TPSA) is 98.0 Å². The first kappa shape index (κ1) is 11.7. The molecule has 0 aliphatic heterocycles. The molecule has 0 heterocycles. The molecule has 0 aliphatic carbocycles. The third kappa shape index (κ3) is 2.10. The lowest BCUT2D eigenvalue weighted by molar-refractivity contribution is -0.141. The number of carboxylic acids is 1. The van der Waals surface area contributed by atoms with Crippen LogP contribution < -0.4 is 0 Å². The lowest BCUT2D eigenvalue weighted by Crippen LogP contribution is -2.46. The van der Waals surface area contributed by atoms with Crippen molar-refractivity contribution in [2.45, 2.75) is 5.25 Å². The van der Waals surface area contributed by atoms with Gasteiger partial charge in [-0.25, -0.2) is 0 Å². The Kier molecular flexibility index (Phi) is 4.54. The van der Waals surface area contributed by atoms with Crippen LogP contribution >= 0.6 is 12.6 Å². The third-order valence-corrected chi connectivity index (χ3v) is 2.53. The normalized spacial score (nSPS) is 14.3. The summed E-state index contributed by atoms with van der Waals surface area (Å²) < 4.78 is 0. The van der Waals surface area contributed by atoms with E-state index in [4.69, 9.17) is 20.4 Å². The standard InChI is InChI=1S/C6H12O5S/c7-1-6(2-8,3-9)4(12)5(10)11/h4,7-9,12H,1-3H2,(H,10,11). The zero-order valence-electron chi connectivity index (χ0n) is 6.34. The number of aliphatic hydroxyl groups excluding tert-OH is 3. The summed E-state index contributed by atoms with van der Waals surface area (Å²) in [4.78, 5) is 10.4. The highest BCUT2D eigenvalue weighted by Gasteiger charge is 2.39. The second-order valence-corrected chi connectivity index (χ2v) is 3.09. The molecule has 0 saturated carbocycles. The maximum absolute atomic E-state index is 10.4. The fourth-order valence-electron chi connectivity index (χ4n) is 0.671. The minimum Gasteiger partial charge on any atom is -0.480 e. The third-order valence-electron chi connectivity index (χ3n) is 1.76. The van der Waals surface area contributed by atoms with Crippen LogP contribution in [0.1, 0.15) is 0 Å². The molecule has 0 fully saturated rings. The van der Waals surface area contributed by atoms with Crippen LogP contribution in [0.3, 0.4) is 0 Å². The van der Waals surface area contributed by atoms with E-state index in [0.717, 1.165) is 0 Å². The van der Waals surface area contributed by atoms with Gasteiger partial charge < -0.3 is 20.4 Å². The van der Waals surface area contributed by atoms with E-state index in [1.54, 1.807) is 0 Å². The molecule has 12 heavy (non-hydrogen) atoms. The second-order valence-electron chi connectivity index (χ2n) is 2.58. The van der Waals surface area contributed by atoms with Crippen LogP contribution in [0.4, 0.5) is 0 Å². The molecule has 1 unspecified atom stereocenters. The zero-order valence-corrected chi connectivity index (χ0v) is 7.24. The Labute approximate surface area is 75.1 Å². The van der Waals surface area contributed by atoms with Crippen LogP contribution in [0, 0.1) is 5.41 Å². The van der Waals surface area contributed by atoms with Crippen molar-refractivity contribution in [2.24, 2.45) is 5.41 Å². The lowest BCUT2D eigenvalue weighted by atomic mass is 9.87. The van der Waals surface area contributed by atoms with E-state index in [9.17, 15) is 4.79 Å². The van der Waals surface area contributed by atoms with Gasteiger partial charge in [-0.3, -0.25) is 4.79 Å². The first-order valence-electron chi connectivity index (χ1n) is 3.27. The maximum Gasteiger partial charge on any atom is 0.317 e. The highest BCUT2D eigenvalue weighted by Crippen LogP contribution is 2.24. The SMILES string of the molecule is O=C(O)C(S)C(CO)(CO)CO. The van der Waals surface area contributed by atoms with E-state index in [1.807, 2.05) is 0 Å². The van der Waals surface area contributed by atoms with Crippen molar-refractivity contribution in [1.82, 2.24) is 0 Å². The maximum atomic E-state index is 10.4. The Morgan fingerprint density at radius 1 is 1.25 bits per heavy atom. The highest BCUT2D eigenvalue weighted by molar-refractivity contribution is 7.81. The number of aliphatic hydroxyl groups is 3. The molecule has 0 rings (SSSR count). The molecule has 0 aliphatic rings. The van der Waals surface area contributed by atoms with Crippen LogP contribution in [0.15, 0.2) is 0 Å². The molecule has 0 aromatic carbocycles. The number of thiol groups is 1. The molecule has 1 atom stereocenters. The molecule has 0 aromatic rings. The Balaban J connectivity index is 4.58. The summed E-state index contributed by atoms with van der Waals surface area (Å²) in [6, 6.07) is 0. The van der Waals surface area contributed by atoms with Gasteiger partial charge in [0.1, 0.15) is 5.25 Å². The number of hydrogen-bond acceptors (Lipinski definition) is 5. The van der Waals surface area contributed by atoms with Gasteiger partial charge in [0.25, 0.3) is 0 Å². The minimum absolute atomic E-state index is 0.625. The van der Waals surface area contributed by atoms with Crippen LogP contribution in [0.2, 0.25) is 0 Å². The van der Waals surface area contributed by atoms with Crippen LogP contribution in [0.5, 0.6) is 0 Å². The average Bonchev–Trinajstić information content (AvgIpc) is 2.08. The van der Waals surface area contributed by atoms with Gasteiger partial charge in [0.15, 0.2) is 0 Å². The summed E-state index contributed by atoms with van der Waals surface area (Å²) in [6.45, 7) is -1.87. The molecule has 5 nitrogen and oxygen atoms in total. The van der Waals surface area contributed by atoms with Gasteiger partial charge in [-0.15, -0.1) is 0 Å². The van der Waals surface area contributed by atoms with Crippen LogP contribution in [-0.2, 0) is 4.79 Å². The lowest BCUT2D eigenvalue weighted by Gasteiger charge is -2.30. The van der Waals surface area contributed by atoms with Crippen molar-refractivity contribution in [3.63, 3.8) is 0 Å². The van der Waals surface area contributed by atoms with E-state index in [1.165, 1.54) is 0 Å². The van der Waals surface area contributed by atoms with Crippen molar-refractivity contribution in [1.29, 1.82) is 0 Å². The van der Waals surface area contributed by atoms with E-state index in [-0.39, 0.29) is 0 Å². The van der Waals surface area contributed by atoms with E-state index in [0.29, 0.717) is 0 Å². The number of carboxylic acid groups (broad SMARTS) is 1. The Morgan fingerprint density at radius 2 is 1.58 bits per heavy atom. The molecule has 0 amide bonds. The van der Waals surface area contributed by atoms with Gasteiger partial charge in [0.05, 0.1) is 25.2 Å². The monoisotopic (exact) mass is 196 g/mol. The Morgan fingerprint density at radius 3 is 1.67 bits per heavy atom. The molecule has 6 heteroatoms. The molecular formula is C6H12O5S. The summed E-state index contributed by atoms with van der Waals surface area (Å²) in [5, 5.41) is 33.5. The quantitative estimate of drug-likeness (QED) is 0.339. The number of carbonyl (C=O) groups is 1. The number of hydrogen-bond donors (Lipinski definition) is 5. The number of aliphatic carboxylic acids is 1. The average molecular weight is 196 g/mol. The molecule has 0 saturated heterocycles. The van der Waals surface area contributed by atoms with Crippen molar-refractivity contribution in [2.75, 3.05) is 19.8 Å². The fourth-order valence-corrected chi connectivity index (χ4v) is 0.916. The first-order valence-corrected chi connectivity index (χ1v) is 3.79. The first-order chi connectivity index (χ1) is 5.54. The van der Waals surface area contributed by atoms with E-state index < -0.39 is 36.5 Å². The summed E-state index contributed by atoms with van der Waals surface area (Å²) in [5.74, 6) is -1.28. The van der Waals surface area contributed by atoms with Crippen LogP contribution in [-0.4, -0.2) is 51.5 Å². The predicted octanol–water partition coefficient (Wildman–Crippen LogP) is -1.67. The zero-order chi connectivity index (χ0) is 9.78. The Bertz CT molecular complexity index is 148. The summed E-state index contributed by atoms with van der Waals surface area (Å²) in [5.41, 5.74) is -1.46. The molecule has 72 valence electrons. The Hall–Kier alpha value is -0.300. The summed E-state index contributed by atoms with van der Waals surface area (Å²) in [7, 11) is 0. The van der Waals surface area contributed by atoms with Gasteiger partial charge in [-0.1, -0.05) is 0 Å². The molecule has 4 N–H and O–H groups in total. The molecule has 0 aromatic heterocycles. The smallest absolute Gasteiger partial charge is 0.317 e. The largest absolute Gasteiger partial charge is 0.480 e. The van der Waals surface area contributed by atoms with Gasteiger partial charge in [-0.05, 0) is 0 Å². The van der Waals surface area contributed by atoms with Crippen molar-refractivity contribution in [3.05, 3.63) is 0 Å². The van der Waals surface area contributed by atoms with Gasteiger partial charge in [0, 0.05) is 0 Å². The van der Waals surface area contributed by atoms with Crippen molar-refractivity contribution >= 4 is 18.6 Å². The highest BCUT2D eigenvalue weighted by atomic mass is 32.1. The minimum atomic E-state index is -1.46. The van der Waals surface area contributed by atoms with E-state index in [2.05, 4.69) is 12.6 Å². The molecular weight excluding hydrogens is 184 g/mol. The summed E-state index contributed by atoms with van der Waals surface area (Å²) in [6.07, 6.45) is 0. The molecule has 0 spiro atoms. The van der Waals surface area contributed by atoms with Gasteiger partial charge in [-0.2, -0.15) is 12.6 Å². The summed E-state index contributed by atoms with van der Waals surface area (Å²) >= 11 is 3.67. The number of rotatable bonds is 5. The fraction of sp³-hybridized carbons (Fsp3) is 0.833. The van der Waals surface area contributed by atoms with Crippen molar-refractivity contribution in [3.8, 4) is 0 Å². The van der Waals surface area contributed by atoms with Crippen molar-refractivity contribution < 1.29 is 25.2 Å². The molecule has 0 bridgehead atoms. The predicted molar refractivity (Wildman–Crippen MR) is 44.1 cm³/mol. The van der Waals surface area contributed by atoms with Gasteiger partial charge >= 0.3 is 5.97 Å². The second kappa shape index (κ2) is 4.66.